The molecule has 0 spiro atoms. The van der Waals surface area contributed by atoms with Crippen LogP contribution < -0.4 is 0 Å². The molecule has 0 nitrogen and oxygen atoms in total. The van der Waals surface area contributed by atoms with Gasteiger partial charge in [0.2, 0.25) is 0 Å². The summed E-state index contributed by atoms with van der Waals surface area (Å²) in [6, 6.07) is 44.5. The van der Waals surface area contributed by atoms with E-state index in [4.69, 9.17) is 0 Å². The summed E-state index contributed by atoms with van der Waals surface area (Å²) in [6.45, 7) is 14.6. The van der Waals surface area contributed by atoms with E-state index in [9.17, 15) is 0 Å². The molecule has 0 amide bonds. The highest BCUT2D eigenvalue weighted by Gasteiger charge is 2.39. The lowest BCUT2D eigenvalue weighted by atomic mass is 9.94. The molecule has 4 aliphatic rings. The van der Waals surface area contributed by atoms with Gasteiger partial charge in [0.05, 0.1) is 16.1 Å². The van der Waals surface area contributed by atoms with Crippen LogP contribution in [0.1, 0.15) is 86.1 Å². The van der Waals surface area contributed by atoms with Crippen molar-refractivity contribution in [2.24, 2.45) is 0 Å². The molecule has 0 N–H and O–H groups in total. The molecule has 0 unspecified atom stereocenters. The van der Waals surface area contributed by atoms with Gasteiger partial charge in [-0.25, -0.2) is 0 Å². The second-order valence-electron chi connectivity index (χ2n) is 14.8. The van der Waals surface area contributed by atoms with Gasteiger partial charge < -0.3 is 0 Å². The van der Waals surface area contributed by atoms with Gasteiger partial charge in [0, 0.05) is 0 Å². The van der Waals surface area contributed by atoms with E-state index in [1.165, 1.54) is 114 Å². The van der Waals surface area contributed by atoms with E-state index >= 15 is 0 Å². The number of hydrogen-bond donors (Lipinski definition) is 0. The van der Waals surface area contributed by atoms with Crippen molar-refractivity contribution in [3.05, 3.63) is 166 Å². The predicted octanol–water partition coefficient (Wildman–Crippen LogP) is 13.9. The Morgan fingerprint density at radius 3 is 0.840 bits per heavy atom. The first-order valence-corrected chi connectivity index (χ1v) is 24.5. The number of rotatable bonds is 9. The summed E-state index contributed by atoms with van der Waals surface area (Å²) in [5.74, 6) is 0. The maximum atomic E-state index is 2.62. The minimum absolute atomic E-state index is 1.29. The summed E-state index contributed by atoms with van der Waals surface area (Å²) in [4.78, 5) is 0. The fraction of sp³-hybridized carbons (Fsp3) is 0.250. The molecule has 4 aliphatic carbocycles. The van der Waals surface area contributed by atoms with Gasteiger partial charge in [0.15, 0.2) is 0 Å². The maximum Gasteiger partial charge on any atom is 0.0867 e. The van der Waals surface area contributed by atoms with Gasteiger partial charge in [0.25, 0.3) is 0 Å². The van der Waals surface area contributed by atoms with E-state index in [1.54, 1.807) is 10.4 Å². The molecule has 0 saturated carbocycles. The van der Waals surface area contributed by atoms with Crippen molar-refractivity contribution in [2.45, 2.75) is 77.8 Å². The minimum Gasteiger partial charge on any atom is -0.0675 e. The molecule has 0 aromatic heterocycles. The van der Waals surface area contributed by atoms with Gasteiger partial charge in [-0.15, -0.1) is 0 Å². The topological polar surface area (TPSA) is 0 Å². The highest BCUT2D eigenvalue weighted by Crippen LogP contribution is 2.55. The molecule has 0 heterocycles. The minimum atomic E-state index is -1.60. The Kier molecular flexibility index (Phi) is 8.44. The van der Waals surface area contributed by atoms with Crippen LogP contribution in [0.15, 0.2) is 121 Å². The number of hydrogen-bond acceptors (Lipinski definition) is 0. The van der Waals surface area contributed by atoms with Crippen LogP contribution in [0, 0.1) is 0 Å². The third-order valence-corrected chi connectivity index (χ3v) is 24.5. The number of fused-ring (bicyclic) bond motifs is 4. The van der Waals surface area contributed by atoms with Crippen LogP contribution in [0.4, 0.5) is 0 Å². The molecule has 250 valence electrons. The Balaban J connectivity index is 1.36. The average molecular weight is 683 g/mol. The van der Waals surface area contributed by atoms with E-state index in [-0.39, 0.29) is 0 Å². The van der Waals surface area contributed by atoms with E-state index in [0.717, 1.165) is 0 Å². The third kappa shape index (κ3) is 4.75. The molecule has 0 atom stereocenters. The lowest BCUT2D eigenvalue weighted by Gasteiger charge is -2.30. The van der Waals surface area contributed by atoms with Crippen molar-refractivity contribution in [3.63, 3.8) is 0 Å². The first-order chi connectivity index (χ1) is 24.5. The van der Waals surface area contributed by atoms with E-state index in [1.807, 2.05) is 0 Å². The SMILES string of the molecule is CC[Si](CC)(CC)C1=C/C(=C2/C=C(C3=C/C(=C4/C=C([Si](CC)(CC)CC)c5ccccc54)c4ccccc43)c3ccccc32)c2ccccc21. The van der Waals surface area contributed by atoms with E-state index in [0.29, 0.717) is 0 Å². The zero-order chi connectivity index (χ0) is 34.6. The fourth-order valence-electron chi connectivity index (χ4n) is 9.87. The first-order valence-electron chi connectivity index (χ1n) is 19.2. The molecule has 0 saturated heterocycles. The predicted molar refractivity (Wildman–Crippen MR) is 226 cm³/mol. The summed E-state index contributed by atoms with van der Waals surface area (Å²) >= 11 is 0. The van der Waals surface area contributed by atoms with Crippen molar-refractivity contribution >= 4 is 60.0 Å². The molecular formula is C48H50Si2. The Hall–Kier alpha value is -4.25. The second kappa shape index (κ2) is 12.8. The molecular weight excluding hydrogens is 633 g/mol. The van der Waals surface area contributed by atoms with Crippen molar-refractivity contribution in [2.75, 3.05) is 0 Å². The van der Waals surface area contributed by atoms with Crippen LogP contribution in [-0.4, -0.2) is 16.1 Å². The van der Waals surface area contributed by atoms with Crippen LogP contribution in [0.5, 0.6) is 0 Å². The van der Waals surface area contributed by atoms with Gasteiger partial charge in [-0.1, -0.05) is 197 Å². The van der Waals surface area contributed by atoms with Crippen LogP contribution in [0.2, 0.25) is 36.3 Å². The van der Waals surface area contributed by atoms with Gasteiger partial charge in [0.1, 0.15) is 0 Å². The molecule has 8 rings (SSSR count). The molecule has 0 fully saturated rings. The first kappa shape index (κ1) is 32.9. The Bertz CT molecular complexity index is 2050. The Labute approximate surface area is 302 Å². The quantitative estimate of drug-likeness (QED) is 0.154. The lowest BCUT2D eigenvalue weighted by Crippen LogP contribution is -2.33. The van der Waals surface area contributed by atoms with E-state index in [2.05, 4.69) is 163 Å². The Morgan fingerprint density at radius 1 is 0.300 bits per heavy atom. The summed E-state index contributed by atoms with van der Waals surface area (Å²) in [7, 11) is -3.21. The summed E-state index contributed by atoms with van der Waals surface area (Å²) in [5.41, 5.74) is 19.5. The highest BCUT2D eigenvalue weighted by molar-refractivity contribution is 6.97. The molecule has 50 heavy (non-hydrogen) atoms. The molecule has 0 aliphatic heterocycles. The highest BCUT2D eigenvalue weighted by atomic mass is 28.3. The lowest BCUT2D eigenvalue weighted by molar-refractivity contribution is 1.20. The third-order valence-electron chi connectivity index (χ3n) is 13.3. The van der Waals surface area contributed by atoms with Gasteiger partial charge >= 0.3 is 0 Å². The van der Waals surface area contributed by atoms with Gasteiger partial charge in [-0.3, -0.25) is 0 Å². The van der Waals surface area contributed by atoms with Crippen molar-refractivity contribution in [1.29, 1.82) is 0 Å². The van der Waals surface area contributed by atoms with Crippen molar-refractivity contribution in [1.82, 2.24) is 0 Å². The van der Waals surface area contributed by atoms with Crippen LogP contribution in [0.3, 0.4) is 0 Å². The van der Waals surface area contributed by atoms with Crippen LogP contribution in [0.25, 0.3) is 43.8 Å². The standard InChI is InChI=1S/C48H50Si2/c1-7-49(8-2,9-3)47-31-45(37-25-17-19-27-39(37)47)43-29-41(33-21-13-15-23-35(33)43)42-30-44(36-24-16-14-22-34(36)42)46-32-48(50(10-4,11-5)12-6)40-28-20-18-26-38(40)46/h13-32H,7-12H2,1-6H3/b45-43+,46-44+. The smallest absolute Gasteiger partial charge is 0.0675 e. The zero-order valence-corrected chi connectivity index (χ0v) is 32.8. The van der Waals surface area contributed by atoms with Crippen LogP contribution in [-0.2, 0) is 0 Å². The maximum absolute atomic E-state index is 2.62. The van der Waals surface area contributed by atoms with Crippen molar-refractivity contribution in [3.8, 4) is 0 Å². The zero-order valence-electron chi connectivity index (χ0n) is 30.8. The normalized spacial score (nSPS) is 19.1. The molecule has 0 bridgehead atoms. The van der Waals surface area contributed by atoms with E-state index < -0.39 is 16.1 Å². The molecule has 0 radical (unpaired) electrons. The van der Waals surface area contributed by atoms with Gasteiger partial charge in [-0.2, -0.15) is 0 Å². The molecule has 4 aromatic rings. The Morgan fingerprint density at radius 2 is 0.540 bits per heavy atom. The second-order valence-corrected chi connectivity index (χ2v) is 25.2. The summed E-state index contributed by atoms with van der Waals surface area (Å²) < 4.78 is 0. The van der Waals surface area contributed by atoms with Gasteiger partial charge in [-0.05, 0) is 90.1 Å². The molecule has 2 heteroatoms. The summed E-state index contributed by atoms with van der Waals surface area (Å²) in [6.07, 6.45) is 10.3. The largest absolute Gasteiger partial charge is 0.0867 e. The van der Waals surface area contributed by atoms with Crippen molar-refractivity contribution < 1.29 is 0 Å². The average Bonchev–Trinajstić information content (AvgIpc) is 3.95. The van der Waals surface area contributed by atoms with Crippen LogP contribution >= 0.6 is 0 Å². The number of benzene rings is 4. The summed E-state index contributed by atoms with van der Waals surface area (Å²) in [5, 5.41) is 3.32. The fourth-order valence-corrected chi connectivity index (χ4v) is 17.6. The monoisotopic (exact) mass is 682 g/mol. The number of allylic oxidation sites excluding steroid dienone is 10. The molecule has 4 aromatic carbocycles.